The third kappa shape index (κ3) is 3.83. The molecule has 2 aromatic carbocycles. The van der Waals surface area contributed by atoms with E-state index in [1.807, 2.05) is 42.6 Å². The molecule has 3 nitrogen and oxygen atoms in total. The lowest BCUT2D eigenvalue weighted by molar-refractivity contribution is -0.136. The molecular weight excluding hydrogens is 286 g/mol. The van der Waals surface area contributed by atoms with Gasteiger partial charge in [-0.2, -0.15) is 0 Å². The van der Waals surface area contributed by atoms with E-state index in [0.717, 1.165) is 27.8 Å². The predicted octanol–water partition coefficient (Wildman–Crippen LogP) is 4.43. The standard InChI is InChI=1S/C20H17NO2/c22-20(23)12-5-15-3-6-16(7-4-15)17-8-10-18(11-9-17)19-2-1-13-21-14-19/h1-4,6-11,13-14H,5,12H2,(H,22,23). The Balaban J connectivity index is 1.76. The number of rotatable bonds is 5. The first-order chi connectivity index (χ1) is 11.2. The van der Waals surface area contributed by atoms with E-state index in [9.17, 15) is 4.79 Å². The Kier molecular flexibility index (Phi) is 4.48. The van der Waals surface area contributed by atoms with Crippen molar-refractivity contribution in [3.63, 3.8) is 0 Å². The molecule has 114 valence electrons. The van der Waals surface area contributed by atoms with Gasteiger partial charge in [0.25, 0.3) is 0 Å². The summed E-state index contributed by atoms with van der Waals surface area (Å²) in [5.74, 6) is -0.764. The Hall–Kier alpha value is -2.94. The highest BCUT2D eigenvalue weighted by Gasteiger charge is 2.02. The molecule has 3 rings (SSSR count). The third-order valence-corrected chi connectivity index (χ3v) is 3.79. The highest BCUT2D eigenvalue weighted by atomic mass is 16.4. The van der Waals surface area contributed by atoms with Crippen molar-refractivity contribution in [3.05, 3.63) is 78.6 Å². The zero-order chi connectivity index (χ0) is 16.1. The van der Waals surface area contributed by atoms with Gasteiger partial charge >= 0.3 is 5.97 Å². The summed E-state index contributed by atoms with van der Waals surface area (Å²) in [5, 5.41) is 8.72. The average Bonchev–Trinajstić information content (AvgIpc) is 2.61. The first-order valence-corrected chi connectivity index (χ1v) is 7.54. The summed E-state index contributed by atoms with van der Waals surface area (Å²) in [6.07, 6.45) is 4.35. The number of aryl methyl sites for hydroxylation is 1. The van der Waals surface area contributed by atoms with E-state index in [2.05, 4.69) is 29.2 Å². The lowest BCUT2D eigenvalue weighted by atomic mass is 9.99. The monoisotopic (exact) mass is 303 g/mol. The summed E-state index contributed by atoms with van der Waals surface area (Å²) in [4.78, 5) is 14.7. The van der Waals surface area contributed by atoms with E-state index < -0.39 is 5.97 Å². The van der Waals surface area contributed by atoms with Crippen LogP contribution < -0.4 is 0 Å². The molecule has 1 aromatic heterocycles. The van der Waals surface area contributed by atoms with Gasteiger partial charge in [0.05, 0.1) is 0 Å². The molecule has 23 heavy (non-hydrogen) atoms. The van der Waals surface area contributed by atoms with Gasteiger partial charge in [0.15, 0.2) is 0 Å². The Labute approximate surface area is 135 Å². The van der Waals surface area contributed by atoms with Crippen LogP contribution in [0.3, 0.4) is 0 Å². The summed E-state index contributed by atoms with van der Waals surface area (Å²) >= 11 is 0. The second-order valence-electron chi connectivity index (χ2n) is 5.41. The number of carboxylic acid groups (broad SMARTS) is 1. The number of carboxylic acids is 1. The summed E-state index contributed by atoms with van der Waals surface area (Å²) in [6.45, 7) is 0. The number of benzene rings is 2. The molecule has 0 unspecified atom stereocenters. The molecule has 1 heterocycles. The quantitative estimate of drug-likeness (QED) is 0.758. The Morgan fingerprint density at radius 3 is 1.91 bits per heavy atom. The molecule has 1 N–H and O–H groups in total. The van der Waals surface area contributed by atoms with E-state index in [0.29, 0.717) is 6.42 Å². The Bertz CT molecular complexity index is 778. The first kappa shape index (κ1) is 15.0. The van der Waals surface area contributed by atoms with Crippen molar-refractivity contribution >= 4 is 5.97 Å². The molecule has 0 aliphatic rings. The topological polar surface area (TPSA) is 50.2 Å². The minimum absolute atomic E-state index is 0.166. The fourth-order valence-corrected chi connectivity index (χ4v) is 2.50. The van der Waals surface area contributed by atoms with Crippen molar-refractivity contribution in [2.45, 2.75) is 12.8 Å². The molecule has 0 atom stereocenters. The third-order valence-electron chi connectivity index (χ3n) is 3.79. The fourth-order valence-electron chi connectivity index (χ4n) is 2.50. The van der Waals surface area contributed by atoms with Gasteiger partial charge in [0, 0.05) is 18.8 Å². The molecule has 0 spiro atoms. The molecule has 0 radical (unpaired) electrons. The maximum atomic E-state index is 10.6. The molecule has 0 bridgehead atoms. The van der Waals surface area contributed by atoms with Gasteiger partial charge < -0.3 is 5.11 Å². The van der Waals surface area contributed by atoms with E-state index in [1.165, 1.54) is 0 Å². The summed E-state index contributed by atoms with van der Waals surface area (Å²) in [7, 11) is 0. The van der Waals surface area contributed by atoms with E-state index >= 15 is 0 Å². The molecule has 0 fully saturated rings. The van der Waals surface area contributed by atoms with Gasteiger partial charge in [-0.3, -0.25) is 9.78 Å². The second kappa shape index (κ2) is 6.88. The van der Waals surface area contributed by atoms with Crippen molar-refractivity contribution in [1.82, 2.24) is 4.98 Å². The molecular formula is C20H17NO2. The SMILES string of the molecule is O=C(O)CCc1ccc(-c2ccc(-c3cccnc3)cc2)cc1. The van der Waals surface area contributed by atoms with Gasteiger partial charge in [-0.05, 0) is 40.3 Å². The van der Waals surface area contributed by atoms with Crippen LogP contribution in [0.1, 0.15) is 12.0 Å². The zero-order valence-corrected chi connectivity index (χ0v) is 12.6. The van der Waals surface area contributed by atoms with Crippen LogP contribution in [0.5, 0.6) is 0 Å². The van der Waals surface area contributed by atoms with E-state index in [-0.39, 0.29) is 6.42 Å². The molecule has 0 aliphatic heterocycles. The van der Waals surface area contributed by atoms with Crippen molar-refractivity contribution in [2.75, 3.05) is 0 Å². The average molecular weight is 303 g/mol. The molecule has 0 aliphatic carbocycles. The minimum Gasteiger partial charge on any atom is -0.481 e. The minimum atomic E-state index is -0.764. The summed E-state index contributed by atoms with van der Waals surface area (Å²) in [5.41, 5.74) is 5.55. The maximum absolute atomic E-state index is 10.6. The maximum Gasteiger partial charge on any atom is 0.303 e. The summed E-state index contributed by atoms with van der Waals surface area (Å²) < 4.78 is 0. The molecule has 0 saturated carbocycles. The van der Waals surface area contributed by atoms with Crippen molar-refractivity contribution in [3.8, 4) is 22.3 Å². The van der Waals surface area contributed by atoms with Crippen LogP contribution >= 0.6 is 0 Å². The number of aliphatic carboxylic acids is 1. The van der Waals surface area contributed by atoms with Gasteiger partial charge in [0.1, 0.15) is 0 Å². The van der Waals surface area contributed by atoms with Gasteiger partial charge in [-0.25, -0.2) is 0 Å². The number of carbonyl (C=O) groups is 1. The predicted molar refractivity (Wildman–Crippen MR) is 91.1 cm³/mol. The van der Waals surface area contributed by atoms with Crippen LogP contribution in [0.2, 0.25) is 0 Å². The second-order valence-corrected chi connectivity index (χ2v) is 5.41. The largest absolute Gasteiger partial charge is 0.481 e. The van der Waals surface area contributed by atoms with E-state index in [1.54, 1.807) is 6.20 Å². The molecule has 3 heteroatoms. The Morgan fingerprint density at radius 1 is 0.826 bits per heavy atom. The summed E-state index contributed by atoms with van der Waals surface area (Å²) in [6, 6.07) is 20.4. The highest BCUT2D eigenvalue weighted by Crippen LogP contribution is 2.24. The number of hydrogen-bond acceptors (Lipinski definition) is 2. The van der Waals surface area contributed by atoms with Gasteiger partial charge in [-0.15, -0.1) is 0 Å². The highest BCUT2D eigenvalue weighted by molar-refractivity contribution is 5.70. The molecule has 0 saturated heterocycles. The molecule has 0 amide bonds. The normalized spacial score (nSPS) is 10.4. The van der Waals surface area contributed by atoms with Gasteiger partial charge in [0.2, 0.25) is 0 Å². The molecule has 3 aromatic rings. The Morgan fingerprint density at radius 2 is 1.39 bits per heavy atom. The lowest BCUT2D eigenvalue weighted by Crippen LogP contribution is -1.97. The number of aromatic nitrogens is 1. The first-order valence-electron chi connectivity index (χ1n) is 7.54. The smallest absolute Gasteiger partial charge is 0.303 e. The van der Waals surface area contributed by atoms with E-state index in [4.69, 9.17) is 5.11 Å². The van der Waals surface area contributed by atoms with Crippen molar-refractivity contribution in [1.29, 1.82) is 0 Å². The van der Waals surface area contributed by atoms with Crippen LogP contribution in [-0.4, -0.2) is 16.1 Å². The van der Waals surface area contributed by atoms with Crippen LogP contribution in [0.15, 0.2) is 73.1 Å². The number of nitrogens with zero attached hydrogens (tertiary/aromatic N) is 1. The fraction of sp³-hybridized carbons (Fsp3) is 0.100. The van der Waals surface area contributed by atoms with Crippen molar-refractivity contribution in [2.24, 2.45) is 0 Å². The zero-order valence-electron chi connectivity index (χ0n) is 12.6. The van der Waals surface area contributed by atoms with Crippen LogP contribution in [-0.2, 0) is 11.2 Å². The van der Waals surface area contributed by atoms with Crippen LogP contribution in [0, 0.1) is 0 Å². The van der Waals surface area contributed by atoms with Crippen LogP contribution in [0.4, 0.5) is 0 Å². The van der Waals surface area contributed by atoms with Crippen molar-refractivity contribution < 1.29 is 9.90 Å². The van der Waals surface area contributed by atoms with Gasteiger partial charge in [-0.1, -0.05) is 54.6 Å². The number of pyridine rings is 1. The lowest BCUT2D eigenvalue weighted by Gasteiger charge is -2.06. The number of hydrogen-bond donors (Lipinski definition) is 1. The van der Waals surface area contributed by atoms with Crippen LogP contribution in [0.25, 0.3) is 22.3 Å².